The van der Waals surface area contributed by atoms with Gasteiger partial charge in [0.15, 0.2) is 0 Å². The van der Waals surface area contributed by atoms with E-state index in [1.165, 1.54) is 5.06 Å². The van der Waals surface area contributed by atoms with Crippen LogP contribution >= 0.6 is 0 Å². The zero-order valence-corrected chi connectivity index (χ0v) is 18.0. The van der Waals surface area contributed by atoms with Gasteiger partial charge in [0.25, 0.3) is 0 Å². The van der Waals surface area contributed by atoms with Crippen molar-refractivity contribution in [3.8, 4) is 0 Å². The Morgan fingerprint density at radius 1 is 1.03 bits per heavy atom. The van der Waals surface area contributed by atoms with Crippen LogP contribution in [0.4, 0.5) is 0 Å². The van der Waals surface area contributed by atoms with E-state index in [4.69, 9.17) is 4.84 Å². The maximum atomic E-state index is 12.8. The maximum Gasteiger partial charge on any atom is 0.233 e. The summed E-state index contributed by atoms with van der Waals surface area (Å²) in [5.41, 5.74) is 1.98. The average molecular weight is 419 g/mol. The van der Waals surface area contributed by atoms with Crippen molar-refractivity contribution in [2.45, 2.75) is 45.3 Å². The molecule has 0 heterocycles. The fraction of sp³-hybridized carbons (Fsp3) is 0.308. The first-order valence-corrected chi connectivity index (χ1v) is 10.8. The lowest BCUT2D eigenvalue weighted by atomic mass is 10.0. The van der Waals surface area contributed by atoms with E-state index in [1.807, 2.05) is 72.8 Å². The van der Waals surface area contributed by atoms with Gasteiger partial charge in [-0.3, -0.25) is 14.4 Å². The maximum absolute atomic E-state index is 12.8. The lowest BCUT2D eigenvalue weighted by molar-refractivity contribution is -0.179. The fourth-order valence-corrected chi connectivity index (χ4v) is 3.63. The van der Waals surface area contributed by atoms with E-state index in [1.54, 1.807) is 0 Å². The molecule has 0 spiro atoms. The predicted molar refractivity (Wildman–Crippen MR) is 123 cm³/mol. The molecular weight excluding hydrogens is 388 g/mol. The van der Waals surface area contributed by atoms with Gasteiger partial charge < -0.3 is 5.32 Å². The van der Waals surface area contributed by atoms with Crippen molar-refractivity contribution in [3.63, 3.8) is 0 Å². The summed E-state index contributed by atoms with van der Waals surface area (Å²) in [5, 5.41) is 6.60. The van der Waals surface area contributed by atoms with E-state index in [0.717, 1.165) is 41.2 Å². The molecule has 0 aromatic heterocycles. The Morgan fingerprint density at radius 3 is 2.55 bits per heavy atom. The number of nitrogens with one attached hydrogen (secondary N) is 1. The van der Waals surface area contributed by atoms with Gasteiger partial charge in [-0.2, -0.15) is 0 Å². The van der Waals surface area contributed by atoms with Gasteiger partial charge in [0.1, 0.15) is 6.61 Å². The smallest absolute Gasteiger partial charge is 0.233 e. The van der Waals surface area contributed by atoms with E-state index in [2.05, 4.69) is 12.2 Å². The Bertz CT molecular complexity index is 969. The summed E-state index contributed by atoms with van der Waals surface area (Å²) < 4.78 is 0. The molecule has 3 aromatic rings. The Balaban J connectivity index is 1.61. The largest absolute Gasteiger partial charge is 0.351 e. The van der Waals surface area contributed by atoms with Crippen molar-refractivity contribution in [1.82, 2.24) is 10.4 Å². The van der Waals surface area contributed by atoms with Gasteiger partial charge in [-0.05, 0) is 28.3 Å². The standard InChI is InChI=1S/C26H30N2O3/c1-2-3-15-24(18-28(20-29)31-19-21-10-5-4-6-11-21)27-26(30)17-23-14-9-13-22-12-7-8-16-25(22)23/h4-14,16,20,24H,2-3,15,17-19H2,1H3,(H,27,30)/t24-/m1/s1. The number of benzene rings is 3. The molecule has 2 amide bonds. The summed E-state index contributed by atoms with van der Waals surface area (Å²) in [5.74, 6) is -0.0497. The number of unbranched alkanes of at least 4 members (excludes halogenated alkanes) is 1. The SMILES string of the molecule is CCCC[C@H](CN(C=O)OCc1ccccc1)NC(=O)Cc1cccc2ccccc12. The third-order valence-electron chi connectivity index (χ3n) is 5.26. The van der Waals surface area contributed by atoms with Gasteiger partial charge in [0, 0.05) is 6.04 Å². The molecular formula is C26H30N2O3. The van der Waals surface area contributed by atoms with Crippen molar-refractivity contribution in [2.75, 3.05) is 6.54 Å². The molecule has 0 saturated heterocycles. The zero-order valence-electron chi connectivity index (χ0n) is 18.0. The molecule has 0 fully saturated rings. The molecule has 5 nitrogen and oxygen atoms in total. The van der Waals surface area contributed by atoms with Gasteiger partial charge in [0.2, 0.25) is 12.3 Å². The van der Waals surface area contributed by atoms with Crippen molar-refractivity contribution in [3.05, 3.63) is 83.9 Å². The molecule has 1 N–H and O–H groups in total. The predicted octanol–water partition coefficient (Wildman–Crippen LogP) is 4.65. The van der Waals surface area contributed by atoms with Crippen molar-refractivity contribution in [2.24, 2.45) is 0 Å². The van der Waals surface area contributed by atoms with Crippen LogP contribution in [0.5, 0.6) is 0 Å². The number of amides is 2. The highest BCUT2D eigenvalue weighted by Gasteiger charge is 2.17. The summed E-state index contributed by atoms with van der Waals surface area (Å²) in [6.07, 6.45) is 3.75. The van der Waals surface area contributed by atoms with Crippen molar-refractivity contribution in [1.29, 1.82) is 0 Å². The van der Waals surface area contributed by atoms with E-state index in [-0.39, 0.29) is 11.9 Å². The first-order chi connectivity index (χ1) is 15.2. The van der Waals surface area contributed by atoms with Gasteiger partial charge in [-0.1, -0.05) is 92.6 Å². The lowest BCUT2D eigenvalue weighted by Gasteiger charge is -2.25. The van der Waals surface area contributed by atoms with Crippen LogP contribution in [0.15, 0.2) is 72.8 Å². The highest BCUT2D eigenvalue weighted by Crippen LogP contribution is 2.19. The first-order valence-electron chi connectivity index (χ1n) is 10.8. The second-order valence-electron chi connectivity index (χ2n) is 7.69. The topological polar surface area (TPSA) is 58.6 Å². The molecule has 0 radical (unpaired) electrons. The highest BCUT2D eigenvalue weighted by molar-refractivity contribution is 5.90. The molecule has 1 atom stereocenters. The summed E-state index contributed by atoms with van der Waals surface area (Å²) >= 11 is 0. The minimum Gasteiger partial charge on any atom is -0.351 e. The van der Waals surface area contributed by atoms with Crippen LogP contribution < -0.4 is 5.32 Å². The van der Waals surface area contributed by atoms with E-state index in [0.29, 0.717) is 26.0 Å². The van der Waals surface area contributed by atoms with Crippen molar-refractivity contribution >= 4 is 23.1 Å². The molecule has 3 rings (SSSR count). The number of hydroxylamine groups is 2. The molecule has 0 aliphatic heterocycles. The molecule has 162 valence electrons. The minimum atomic E-state index is -0.164. The minimum absolute atomic E-state index is 0.0497. The molecule has 0 aliphatic rings. The van der Waals surface area contributed by atoms with Crippen LogP contribution in [-0.2, 0) is 27.5 Å². The molecule has 0 aliphatic carbocycles. The van der Waals surface area contributed by atoms with Gasteiger partial charge >= 0.3 is 0 Å². The van der Waals surface area contributed by atoms with E-state index in [9.17, 15) is 9.59 Å². The molecule has 31 heavy (non-hydrogen) atoms. The number of nitrogens with zero attached hydrogens (tertiary/aromatic N) is 1. The van der Waals surface area contributed by atoms with Crippen LogP contribution in [0.25, 0.3) is 10.8 Å². The van der Waals surface area contributed by atoms with Crippen LogP contribution in [0, 0.1) is 0 Å². The highest BCUT2D eigenvalue weighted by atomic mass is 16.7. The third-order valence-corrected chi connectivity index (χ3v) is 5.26. The van der Waals surface area contributed by atoms with Crippen LogP contribution in [0.1, 0.15) is 37.3 Å². The Hall–Kier alpha value is -3.18. The van der Waals surface area contributed by atoms with Gasteiger partial charge in [-0.25, -0.2) is 5.06 Å². The monoisotopic (exact) mass is 418 g/mol. The Labute approximate surface area is 184 Å². The summed E-state index contributed by atoms with van der Waals surface area (Å²) in [6, 6.07) is 23.6. The quantitative estimate of drug-likeness (QED) is 0.344. The zero-order chi connectivity index (χ0) is 21.9. The normalized spacial score (nSPS) is 11.8. The third kappa shape index (κ3) is 6.93. The lowest BCUT2D eigenvalue weighted by Crippen LogP contribution is -2.44. The average Bonchev–Trinajstić information content (AvgIpc) is 2.81. The van der Waals surface area contributed by atoms with Crippen molar-refractivity contribution < 1.29 is 14.4 Å². The van der Waals surface area contributed by atoms with Crippen LogP contribution in [-0.4, -0.2) is 30.0 Å². The second kappa shape index (κ2) is 11.9. The molecule has 0 unspecified atom stereocenters. The molecule has 3 aromatic carbocycles. The molecule has 0 saturated carbocycles. The van der Waals surface area contributed by atoms with Gasteiger partial charge in [-0.15, -0.1) is 0 Å². The number of carbonyl (C=O) groups excluding carboxylic acids is 2. The second-order valence-corrected chi connectivity index (χ2v) is 7.69. The van der Waals surface area contributed by atoms with Crippen LogP contribution in [0.2, 0.25) is 0 Å². The molecule has 0 bridgehead atoms. The Kier molecular flexibility index (Phi) is 8.61. The summed E-state index contributed by atoms with van der Waals surface area (Å²) in [6.45, 7) is 2.74. The number of fused-ring (bicyclic) bond motifs is 1. The van der Waals surface area contributed by atoms with E-state index < -0.39 is 0 Å². The van der Waals surface area contributed by atoms with Gasteiger partial charge in [0.05, 0.1) is 13.0 Å². The first kappa shape index (κ1) is 22.5. The molecule has 5 heteroatoms. The number of rotatable bonds is 12. The summed E-state index contributed by atoms with van der Waals surface area (Å²) in [4.78, 5) is 30.0. The Morgan fingerprint density at radius 2 is 1.77 bits per heavy atom. The number of hydrogen-bond acceptors (Lipinski definition) is 3. The number of hydrogen-bond donors (Lipinski definition) is 1. The fourth-order valence-electron chi connectivity index (χ4n) is 3.63. The van der Waals surface area contributed by atoms with E-state index >= 15 is 0 Å². The van der Waals surface area contributed by atoms with Crippen LogP contribution in [0.3, 0.4) is 0 Å². The summed E-state index contributed by atoms with van der Waals surface area (Å²) in [7, 11) is 0. The number of carbonyl (C=O) groups is 2.